The SMILES string of the molecule is COCC(C)S(=O)c1nc2ccc(N)cc2s1. The van der Waals surface area contributed by atoms with E-state index >= 15 is 0 Å². The highest BCUT2D eigenvalue weighted by atomic mass is 32.2. The summed E-state index contributed by atoms with van der Waals surface area (Å²) in [5.74, 6) is 0. The third-order valence-corrected chi connectivity index (χ3v) is 5.19. The van der Waals surface area contributed by atoms with Gasteiger partial charge in [-0.25, -0.2) is 4.98 Å². The first-order chi connectivity index (χ1) is 8.11. The van der Waals surface area contributed by atoms with Crippen molar-refractivity contribution in [1.82, 2.24) is 4.98 Å². The Kier molecular flexibility index (Phi) is 3.76. The predicted octanol–water partition coefficient (Wildman–Crippen LogP) is 2.02. The van der Waals surface area contributed by atoms with Crippen molar-refractivity contribution >= 4 is 38.0 Å². The monoisotopic (exact) mass is 270 g/mol. The summed E-state index contributed by atoms with van der Waals surface area (Å²) in [6, 6.07) is 5.50. The molecule has 1 aromatic carbocycles. The van der Waals surface area contributed by atoms with Gasteiger partial charge < -0.3 is 10.5 Å². The molecule has 4 nitrogen and oxygen atoms in total. The van der Waals surface area contributed by atoms with Crippen LogP contribution in [0, 0.1) is 0 Å². The fraction of sp³-hybridized carbons (Fsp3) is 0.364. The molecule has 0 radical (unpaired) electrons. The van der Waals surface area contributed by atoms with Crippen LogP contribution in [0.4, 0.5) is 5.69 Å². The van der Waals surface area contributed by atoms with Crippen molar-refractivity contribution in [3.05, 3.63) is 18.2 Å². The number of hydrogen-bond acceptors (Lipinski definition) is 5. The smallest absolute Gasteiger partial charge is 0.182 e. The Morgan fingerprint density at radius 1 is 1.59 bits per heavy atom. The summed E-state index contributed by atoms with van der Waals surface area (Å²) in [5, 5.41) is -0.0575. The molecule has 0 bridgehead atoms. The first kappa shape index (κ1) is 12.5. The van der Waals surface area contributed by atoms with Crippen LogP contribution in [0.1, 0.15) is 6.92 Å². The highest BCUT2D eigenvalue weighted by Gasteiger charge is 2.17. The maximum Gasteiger partial charge on any atom is 0.182 e. The molecule has 0 aliphatic carbocycles. The lowest BCUT2D eigenvalue weighted by Crippen LogP contribution is -2.16. The number of rotatable bonds is 4. The van der Waals surface area contributed by atoms with Gasteiger partial charge in [0.1, 0.15) is 0 Å². The van der Waals surface area contributed by atoms with Crippen LogP contribution in [0.25, 0.3) is 10.2 Å². The van der Waals surface area contributed by atoms with Gasteiger partial charge in [-0.05, 0) is 25.1 Å². The summed E-state index contributed by atoms with van der Waals surface area (Å²) in [4.78, 5) is 4.36. The van der Waals surface area contributed by atoms with E-state index in [9.17, 15) is 4.21 Å². The Hall–Kier alpha value is -0.980. The van der Waals surface area contributed by atoms with Gasteiger partial charge in [-0.3, -0.25) is 4.21 Å². The molecule has 17 heavy (non-hydrogen) atoms. The maximum absolute atomic E-state index is 12.1. The van der Waals surface area contributed by atoms with E-state index in [4.69, 9.17) is 10.5 Å². The third kappa shape index (κ3) is 2.65. The molecule has 0 spiro atoms. The van der Waals surface area contributed by atoms with Crippen molar-refractivity contribution in [2.24, 2.45) is 0 Å². The Balaban J connectivity index is 2.33. The number of anilines is 1. The second-order valence-corrected chi connectivity index (χ2v) is 6.85. The Bertz CT molecular complexity index is 553. The lowest BCUT2D eigenvalue weighted by atomic mass is 10.3. The maximum atomic E-state index is 12.1. The average Bonchev–Trinajstić information content (AvgIpc) is 2.71. The average molecular weight is 270 g/mol. The van der Waals surface area contributed by atoms with Crippen molar-refractivity contribution in [1.29, 1.82) is 0 Å². The molecule has 0 aliphatic heterocycles. The van der Waals surface area contributed by atoms with Crippen molar-refractivity contribution in [2.45, 2.75) is 16.5 Å². The largest absolute Gasteiger partial charge is 0.399 e. The van der Waals surface area contributed by atoms with Crippen molar-refractivity contribution in [3.8, 4) is 0 Å². The molecule has 0 amide bonds. The predicted molar refractivity (Wildman–Crippen MR) is 71.8 cm³/mol. The molecule has 0 saturated heterocycles. The summed E-state index contributed by atoms with van der Waals surface area (Å²) in [5.41, 5.74) is 7.24. The van der Waals surface area contributed by atoms with Gasteiger partial charge in [-0.15, -0.1) is 11.3 Å². The number of nitrogens with two attached hydrogens (primary N) is 1. The quantitative estimate of drug-likeness (QED) is 0.863. The highest BCUT2D eigenvalue weighted by molar-refractivity contribution is 7.88. The van der Waals surface area contributed by atoms with Gasteiger partial charge in [-0.1, -0.05) is 0 Å². The molecule has 2 aromatic rings. The molecule has 6 heteroatoms. The summed E-state index contributed by atoms with van der Waals surface area (Å²) < 4.78 is 18.7. The standard InChI is InChI=1S/C11H14N2O2S2/c1-7(6-15-2)17(14)11-13-9-4-3-8(12)5-10(9)16-11/h3-5,7H,6,12H2,1-2H3. The molecule has 0 saturated carbocycles. The fourth-order valence-electron chi connectivity index (χ4n) is 1.47. The second-order valence-electron chi connectivity index (χ2n) is 3.77. The zero-order valence-corrected chi connectivity index (χ0v) is 11.3. The molecular formula is C11H14N2O2S2. The van der Waals surface area contributed by atoms with E-state index in [1.807, 2.05) is 19.1 Å². The Morgan fingerprint density at radius 3 is 3.06 bits per heavy atom. The summed E-state index contributed by atoms with van der Waals surface area (Å²) in [7, 11) is 0.478. The van der Waals surface area contributed by atoms with E-state index in [0.717, 1.165) is 10.2 Å². The lowest BCUT2D eigenvalue weighted by Gasteiger charge is -2.06. The molecule has 2 unspecified atom stereocenters. The molecule has 2 atom stereocenters. The first-order valence-electron chi connectivity index (χ1n) is 5.17. The van der Waals surface area contributed by atoms with Gasteiger partial charge in [0.25, 0.3) is 0 Å². The van der Waals surface area contributed by atoms with E-state index in [1.54, 1.807) is 13.2 Å². The number of nitrogen functional groups attached to an aromatic ring is 1. The summed E-state index contributed by atoms with van der Waals surface area (Å²) in [6.45, 7) is 2.35. The number of hydrogen-bond donors (Lipinski definition) is 1. The lowest BCUT2D eigenvalue weighted by molar-refractivity contribution is 0.201. The van der Waals surface area contributed by atoms with Crippen LogP contribution in [0.5, 0.6) is 0 Å². The minimum Gasteiger partial charge on any atom is -0.399 e. The van der Waals surface area contributed by atoms with Crippen LogP contribution < -0.4 is 5.73 Å². The van der Waals surface area contributed by atoms with Crippen LogP contribution in [0.2, 0.25) is 0 Å². The topological polar surface area (TPSA) is 65.2 Å². The van der Waals surface area contributed by atoms with Gasteiger partial charge in [0.2, 0.25) is 0 Å². The molecule has 0 aliphatic rings. The minimum atomic E-state index is -1.13. The van der Waals surface area contributed by atoms with Crippen LogP contribution in [-0.4, -0.2) is 28.2 Å². The van der Waals surface area contributed by atoms with Crippen LogP contribution in [0.3, 0.4) is 0 Å². The van der Waals surface area contributed by atoms with E-state index in [0.29, 0.717) is 16.6 Å². The fourth-order valence-corrected chi connectivity index (χ4v) is 4.10. The van der Waals surface area contributed by atoms with E-state index in [1.165, 1.54) is 11.3 Å². The minimum absolute atomic E-state index is 0.0575. The Morgan fingerprint density at radius 2 is 2.35 bits per heavy atom. The molecule has 1 heterocycles. The Labute approximate surface area is 106 Å². The normalized spacial score (nSPS) is 14.9. The zero-order valence-electron chi connectivity index (χ0n) is 9.67. The van der Waals surface area contributed by atoms with E-state index in [-0.39, 0.29) is 5.25 Å². The van der Waals surface area contributed by atoms with Crippen molar-refractivity contribution in [2.75, 3.05) is 19.5 Å². The molecule has 2 N–H and O–H groups in total. The van der Waals surface area contributed by atoms with Gasteiger partial charge in [-0.2, -0.15) is 0 Å². The number of ether oxygens (including phenoxy) is 1. The van der Waals surface area contributed by atoms with Crippen molar-refractivity contribution < 1.29 is 8.95 Å². The van der Waals surface area contributed by atoms with Gasteiger partial charge >= 0.3 is 0 Å². The zero-order chi connectivity index (χ0) is 12.4. The van der Waals surface area contributed by atoms with Crippen LogP contribution >= 0.6 is 11.3 Å². The van der Waals surface area contributed by atoms with Gasteiger partial charge in [0, 0.05) is 12.8 Å². The number of fused-ring (bicyclic) bond motifs is 1. The molecule has 1 aromatic heterocycles. The highest BCUT2D eigenvalue weighted by Crippen LogP contribution is 2.27. The molecule has 0 fully saturated rings. The second kappa shape index (κ2) is 5.12. The number of benzene rings is 1. The molecular weight excluding hydrogens is 256 g/mol. The van der Waals surface area contributed by atoms with Gasteiger partial charge in [0.15, 0.2) is 4.34 Å². The molecule has 2 rings (SSSR count). The van der Waals surface area contributed by atoms with Crippen LogP contribution in [0.15, 0.2) is 22.5 Å². The summed E-state index contributed by atoms with van der Waals surface area (Å²) >= 11 is 1.43. The van der Waals surface area contributed by atoms with E-state index < -0.39 is 10.8 Å². The molecule has 92 valence electrons. The third-order valence-electron chi connectivity index (χ3n) is 2.33. The van der Waals surface area contributed by atoms with E-state index in [2.05, 4.69) is 4.98 Å². The number of methoxy groups -OCH3 is 1. The first-order valence-corrected chi connectivity index (χ1v) is 7.20. The summed E-state index contributed by atoms with van der Waals surface area (Å²) in [6.07, 6.45) is 0. The van der Waals surface area contributed by atoms with Crippen molar-refractivity contribution in [3.63, 3.8) is 0 Å². The van der Waals surface area contributed by atoms with Gasteiger partial charge in [0.05, 0.1) is 32.9 Å². The van der Waals surface area contributed by atoms with Crippen LogP contribution in [-0.2, 0) is 15.5 Å². The number of nitrogens with zero attached hydrogens (tertiary/aromatic N) is 1. The number of thiazole rings is 1. The number of aromatic nitrogens is 1.